The first-order chi connectivity index (χ1) is 7.63. The van der Waals surface area contributed by atoms with Crippen LogP contribution in [0, 0.1) is 5.92 Å². The summed E-state index contributed by atoms with van der Waals surface area (Å²) < 4.78 is 27.1. The molecule has 1 saturated carbocycles. The Morgan fingerprint density at radius 3 is 2.94 bits per heavy atom. The van der Waals surface area contributed by atoms with Crippen molar-refractivity contribution in [3.05, 3.63) is 17.5 Å². The fraction of sp³-hybridized carbons (Fsp3) is 0.600. The minimum atomic E-state index is -3.33. The fourth-order valence-electron chi connectivity index (χ4n) is 2.05. The molecule has 1 aliphatic carbocycles. The minimum absolute atomic E-state index is 0.00426. The molecule has 1 aromatic rings. The summed E-state index contributed by atoms with van der Waals surface area (Å²) in [4.78, 5) is 0. The Kier molecular flexibility index (Phi) is 3.89. The normalized spacial score (nSPS) is 26.1. The number of hydrogen-bond acceptors (Lipinski definition) is 3. The van der Waals surface area contributed by atoms with Gasteiger partial charge in [-0.3, -0.25) is 0 Å². The predicted octanol–water partition coefficient (Wildman–Crippen LogP) is 2.43. The number of hydrogen-bond donors (Lipinski definition) is 1. The van der Waals surface area contributed by atoms with Crippen LogP contribution in [-0.2, 0) is 10.0 Å². The van der Waals surface area contributed by atoms with Gasteiger partial charge in [0.15, 0.2) is 0 Å². The zero-order chi connectivity index (χ0) is 11.6. The molecule has 1 aliphatic rings. The number of rotatable bonds is 4. The van der Waals surface area contributed by atoms with E-state index in [-0.39, 0.29) is 12.0 Å². The Morgan fingerprint density at radius 2 is 2.31 bits per heavy atom. The molecule has 0 saturated heterocycles. The second kappa shape index (κ2) is 5.04. The Balaban J connectivity index is 2.10. The van der Waals surface area contributed by atoms with Crippen molar-refractivity contribution in [3.8, 4) is 0 Å². The molecule has 90 valence electrons. The summed E-state index contributed by atoms with van der Waals surface area (Å²) in [6, 6.07) is 3.37. The van der Waals surface area contributed by atoms with Gasteiger partial charge in [0.25, 0.3) is 0 Å². The molecule has 0 amide bonds. The molecule has 2 rings (SSSR count). The minimum Gasteiger partial charge on any atom is -0.207 e. The van der Waals surface area contributed by atoms with Gasteiger partial charge in [-0.15, -0.1) is 22.9 Å². The summed E-state index contributed by atoms with van der Waals surface area (Å²) in [5.41, 5.74) is 0. The Morgan fingerprint density at radius 1 is 1.50 bits per heavy atom. The molecular weight excluding hydrogens is 266 g/mol. The highest BCUT2D eigenvalue weighted by atomic mass is 35.5. The molecule has 2 atom stereocenters. The standard InChI is InChI=1S/C10H14ClNO2S2/c11-7-8-3-1-4-9(8)12-16(13,14)10-5-2-6-15-10/h2,5-6,8-9,12H,1,3-4,7H2. The van der Waals surface area contributed by atoms with Gasteiger partial charge in [-0.25, -0.2) is 13.1 Å². The first kappa shape index (κ1) is 12.4. The van der Waals surface area contributed by atoms with Gasteiger partial charge in [0.05, 0.1) is 0 Å². The van der Waals surface area contributed by atoms with Crippen molar-refractivity contribution in [1.82, 2.24) is 4.72 Å². The first-order valence-corrected chi connectivity index (χ1v) is 8.15. The highest BCUT2D eigenvalue weighted by molar-refractivity contribution is 7.91. The van der Waals surface area contributed by atoms with E-state index in [1.165, 1.54) is 11.3 Å². The zero-order valence-corrected chi connectivity index (χ0v) is 11.1. The molecule has 0 bridgehead atoms. The van der Waals surface area contributed by atoms with Gasteiger partial charge in [0.2, 0.25) is 10.0 Å². The van der Waals surface area contributed by atoms with Crippen LogP contribution in [-0.4, -0.2) is 20.3 Å². The lowest BCUT2D eigenvalue weighted by molar-refractivity contribution is 0.481. The van der Waals surface area contributed by atoms with Crippen LogP contribution in [0.2, 0.25) is 0 Å². The maximum Gasteiger partial charge on any atom is 0.250 e. The molecule has 1 aromatic heterocycles. The largest absolute Gasteiger partial charge is 0.250 e. The van der Waals surface area contributed by atoms with E-state index in [1.54, 1.807) is 17.5 Å². The molecule has 6 heteroatoms. The van der Waals surface area contributed by atoms with Crippen molar-refractivity contribution in [2.24, 2.45) is 5.92 Å². The van der Waals surface area contributed by atoms with Crippen molar-refractivity contribution >= 4 is 33.0 Å². The van der Waals surface area contributed by atoms with Gasteiger partial charge in [-0.2, -0.15) is 0 Å². The van der Waals surface area contributed by atoms with Crippen LogP contribution in [0.15, 0.2) is 21.7 Å². The molecule has 0 radical (unpaired) electrons. The van der Waals surface area contributed by atoms with Crippen LogP contribution in [0.4, 0.5) is 0 Å². The number of alkyl halides is 1. The average Bonchev–Trinajstić information content (AvgIpc) is 2.86. The van der Waals surface area contributed by atoms with Gasteiger partial charge in [-0.05, 0) is 30.2 Å². The van der Waals surface area contributed by atoms with Crippen molar-refractivity contribution in [2.75, 3.05) is 5.88 Å². The van der Waals surface area contributed by atoms with E-state index in [0.717, 1.165) is 19.3 Å². The van der Waals surface area contributed by atoms with E-state index >= 15 is 0 Å². The quantitative estimate of drug-likeness (QED) is 0.861. The van der Waals surface area contributed by atoms with Crippen LogP contribution in [0.25, 0.3) is 0 Å². The maximum absolute atomic E-state index is 12.0. The molecule has 0 aromatic carbocycles. The van der Waals surface area contributed by atoms with Gasteiger partial charge in [0, 0.05) is 11.9 Å². The second-order valence-corrected chi connectivity index (χ2v) is 7.20. The Hall–Kier alpha value is -0.100. The smallest absolute Gasteiger partial charge is 0.207 e. The summed E-state index contributed by atoms with van der Waals surface area (Å²) in [6.45, 7) is 0. The Labute approximate surface area is 105 Å². The van der Waals surface area contributed by atoms with Crippen LogP contribution in [0.1, 0.15) is 19.3 Å². The highest BCUT2D eigenvalue weighted by Gasteiger charge is 2.30. The van der Waals surface area contributed by atoms with E-state index in [4.69, 9.17) is 11.6 Å². The number of thiophene rings is 1. The summed E-state index contributed by atoms with van der Waals surface area (Å²) in [5, 5.41) is 1.77. The maximum atomic E-state index is 12.0. The van der Waals surface area contributed by atoms with Crippen LogP contribution < -0.4 is 4.72 Å². The third-order valence-electron chi connectivity index (χ3n) is 2.92. The Bertz CT molecular complexity index is 430. The molecule has 0 spiro atoms. The number of nitrogens with one attached hydrogen (secondary N) is 1. The van der Waals surface area contributed by atoms with Crippen LogP contribution in [0.3, 0.4) is 0 Å². The molecule has 1 N–H and O–H groups in total. The van der Waals surface area contributed by atoms with Crippen molar-refractivity contribution in [2.45, 2.75) is 29.5 Å². The van der Waals surface area contributed by atoms with Gasteiger partial charge in [0.1, 0.15) is 4.21 Å². The zero-order valence-electron chi connectivity index (χ0n) is 8.73. The third-order valence-corrected chi connectivity index (χ3v) is 6.21. The van der Waals surface area contributed by atoms with Crippen molar-refractivity contribution in [3.63, 3.8) is 0 Å². The van der Waals surface area contributed by atoms with Gasteiger partial charge >= 0.3 is 0 Å². The van der Waals surface area contributed by atoms with E-state index in [1.807, 2.05) is 0 Å². The summed E-state index contributed by atoms with van der Waals surface area (Å²) in [7, 11) is -3.33. The summed E-state index contributed by atoms with van der Waals surface area (Å²) in [5.74, 6) is 0.800. The number of sulfonamides is 1. The topological polar surface area (TPSA) is 46.2 Å². The number of halogens is 1. The molecule has 1 fully saturated rings. The average molecular weight is 280 g/mol. The summed E-state index contributed by atoms with van der Waals surface area (Å²) >= 11 is 7.06. The van der Waals surface area contributed by atoms with Crippen LogP contribution in [0.5, 0.6) is 0 Å². The molecule has 1 heterocycles. The summed E-state index contributed by atoms with van der Waals surface area (Å²) in [6.07, 6.45) is 2.96. The van der Waals surface area contributed by atoms with E-state index in [0.29, 0.717) is 10.1 Å². The van der Waals surface area contributed by atoms with E-state index in [9.17, 15) is 8.42 Å². The molecular formula is C10H14ClNO2S2. The lowest BCUT2D eigenvalue weighted by Gasteiger charge is -2.18. The third kappa shape index (κ3) is 2.59. The van der Waals surface area contributed by atoms with Crippen LogP contribution >= 0.6 is 22.9 Å². The second-order valence-electron chi connectivity index (χ2n) is 4.01. The molecule has 3 nitrogen and oxygen atoms in total. The lowest BCUT2D eigenvalue weighted by Crippen LogP contribution is -2.37. The molecule has 2 unspecified atom stereocenters. The predicted molar refractivity (Wildman–Crippen MR) is 66.5 cm³/mol. The lowest BCUT2D eigenvalue weighted by atomic mass is 10.1. The van der Waals surface area contributed by atoms with Crippen molar-refractivity contribution < 1.29 is 8.42 Å². The van der Waals surface area contributed by atoms with Crippen molar-refractivity contribution in [1.29, 1.82) is 0 Å². The highest BCUT2D eigenvalue weighted by Crippen LogP contribution is 2.28. The van der Waals surface area contributed by atoms with E-state index in [2.05, 4.69) is 4.72 Å². The molecule has 0 aliphatic heterocycles. The van der Waals surface area contributed by atoms with Gasteiger partial charge in [-0.1, -0.05) is 12.5 Å². The van der Waals surface area contributed by atoms with E-state index < -0.39 is 10.0 Å². The monoisotopic (exact) mass is 279 g/mol. The SMILES string of the molecule is O=S(=O)(NC1CCCC1CCl)c1cccs1. The van der Waals surface area contributed by atoms with Gasteiger partial charge < -0.3 is 0 Å². The fourth-order valence-corrected chi connectivity index (χ4v) is 4.77. The molecule has 16 heavy (non-hydrogen) atoms. The first-order valence-electron chi connectivity index (χ1n) is 5.25.